The van der Waals surface area contributed by atoms with Crippen LogP contribution in [0.4, 0.5) is 15.8 Å². The number of hydrogen-bond donors (Lipinski definition) is 0. The van der Waals surface area contributed by atoms with Crippen LogP contribution in [0.2, 0.25) is 0 Å². The van der Waals surface area contributed by atoms with E-state index in [4.69, 9.17) is 4.74 Å². The van der Waals surface area contributed by atoms with Crippen molar-refractivity contribution in [2.45, 2.75) is 39.2 Å². The number of esters is 2. The molecule has 200 valence electrons. The van der Waals surface area contributed by atoms with Gasteiger partial charge in [-0.2, -0.15) is 0 Å². The third-order valence-electron chi connectivity index (χ3n) is 7.09. The Labute approximate surface area is 219 Å². The number of piperazine rings is 1. The van der Waals surface area contributed by atoms with Crippen LogP contribution >= 0.6 is 0 Å². The number of ether oxygens (including phenoxy) is 2. The first kappa shape index (κ1) is 26.9. The van der Waals surface area contributed by atoms with Gasteiger partial charge in [0.2, 0.25) is 0 Å². The molecule has 0 saturated carbocycles. The predicted octanol–water partition coefficient (Wildman–Crippen LogP) is 4.61. The van der Waals surface area contributed by atoms with Crippen molar-refractivity contribution in [1.82, 2.24) is 4.90 Å². The van der Waals surface area contributed by atoms with E-state index in [9.17, 15) is 14.0 Å². The van der Waals surface area contributed by atoms with Gasteiger partial charge in [-0.25, -0.2) is 14.0 Å². The van der Waals surface area contributed by atoms with Gasteiger partial charge in [0.25, 0.3) is 0 Å². The van der Waals surface area contributed by atoms with Crippen LogP contribution < -0.4 is 9.80 Å². The average molecular weight is 512 g/mol. The predicted molar refractivity (Wildman–Crippen MR) is 143 cm³/mol. The number of carbonyl (C=O) groups is 2. The monoisotopic (exact) mass is 511 g/mol. The molecule has 2 aromatic carbocycles. The highest BCUT2D eigenvalue weighted by atomic mass is 19.1. The van der Waals surface area contributed by atoms with Crippen molar-refractivity contribution >= 4 is 23.3 Å². The Morgan fingerprint density at radius 2 is 1.46 bits per heavy atom. The zero-order valence-electron chi connectivity index (χ0n) is 22.3. The number of methoxy groups -OCH3 is 1. The van der Waals surface area contributed by atoms with Crippen LogP contribution in [0.1, 0.15) is 54.3 Å². The second-order valence-corrected chi connectivity index (χ2v) is 10.9. The van der Waals surface area contributed by atoms with Crippen molar-refractivity contribution in [2.75, 3.05) is 62.7 Å². The minimum Gasteiger partial charge on any atom is -0.465 e. The topological polar surface area (TPSA) is 62.3 Å². The Hall–Kier alpha value is -3.13. The van der Waals surface area contributed by atoms with Gasteiger partial charge in [0, 0.05) is 57.2 Å². The van der Waals surface area contributed by atoms with Crippen LogP contribution in [0, 0.1) is 11.7 Å². The van der Waals surface area contributed by atoms with Crippen LogP contribution in [-0.2, 0) is 9.47 Å². The summed E-state index contributed by atoms with van der Waals surface area (Å²) in [5, 5.41) is 0. The maximum atomic E-state index is 14.3. The van der Waals surface area contributed by atoms with Crippen molar-refractivity contribution in [3.63, 3.8) is 0 Å². The summed E-state index contributed by atoms with van der Waals surface area (Å²) >= 11 is 0. The summed E-state index contributed by atoms with van der Waals surface area (Å²) in [6.45, 7) is 12.2. The van der Waals surface area contributed by atoms with Crippen LogP contribution in [0.15, 0.2) is 42.5 Å². The van der Waals surface area contributed by atoms with E-state index >= 15 is 0 Å². The third-order valence-corrected chi connectivity index (χ3v) is 7.09. The molecule has 7 nitrogen and oxygen atoms in total. The van der Waals surface area contributed by atoms with Crippen molar-refractivity contribution in [1.29, 1.82) is 0 Å². The molecule has 0 N–H and O–H groups in total. The average Bonchev–Trinajstić information content (AvgIpc) is 2.88. The second-order valence-electron chi connectivity index (χ2n) is 10.9. The van der Waals surface area contributed by atoms with Gasteiger partial charge in [0.15, 0.2) is 0 Å². The van der Waals surface area contributed by atoms with Gasteiger partial charge < -0.3 is 19.3 Å². The highest BCUT2D eigenvalue weighted by Gasteiger charge is 2.25. The molecule has 0 bridgehead atoms. The fourth-order valence-electron chi connectivity index (χ4n) is 5.05. The molecule has 2 saturated heterocycles. The summed E-state index contributed by atoms with van der Waals surface area (Å²) < 4.78 is 24.4. The summed E-state index contributed by atoms with van der Waals surface area (Å²) in [4.78, 5) is 31.0. The van der Waals surface area contributed by atoms with Gasteiger partial charge in [-0.15, -0.1) is 0 Å². The van der Waals surface area contributed by atoms with E-state index in [2.05, 4.69) is 19.4 Å². The number of rotatable bonds is 6. The van der Waals surface area contributed by atoms with E-state index in [1.807, 2.05) is 45.0 Å². The minimum atomic E-state index is -0.655. The lowest BCUT2D eigenvalue weighted by Crippen LogP contribution is -2.49. The zero-order chi connectivity index (χ0) is 26.6. The van der Waals surface area contributed by atoms with Crippen LogP contribution in [0.25, 0.3) is 0 Å². The van der Waals surface area contributed by atoms with Gasteiger partial charge >= 0.3 is 11.9 Å². The number of anilines is 2. The Bertz CT molecular complexity index is 1080. The number of benzene rings is 2. The Balaban J connectivity index is 1.22. The van der Waals surface area contributed by atoms with Crippen molar-refractivity contribution in [3.8, 4) is 0 Å². The number of halogens is 1. The van der Waals surface area contributed by atoms with E-state index in [0.717, 1.165) is 70.0 Å². The molecule has 0 spiro atoms. The van der Waals surface area contributed by atoms with Crippen molar-refractivity contribution in [3.05, 3.63) is 59.4 Å². The largest absolute Gasteiger partial charge is 0.465 e. The molecule has 0 atom stereocenters. The molecule has 2 aliphatic rings. The van der Waals surface area contributed by atoms with E-state index < -0.39 is 17.4 Å². The molecule has 2 aliphatic heterocycles. The first-order valence-electron chi connectivity index (χ1n) is 13.1. The molecule has 0 amide bonds. The lowest BCUT2D eigenvalue weighted by Gasteiger charge is -2.40. The maximum Gasteiger partial charge on any atom is 0.340 e. The lowest BCUT2D eigenvalue weighted by molar-refractivity contribution is 0.00693. The minimum absolute atomic E-state index is 0.0322. The second kappa shape index (κ2) is 11.5. The molecule has 8 heteroatoms. The number of carbonyl (C=O) groups excluding carboxylic acids is 2. The quantitative estimate of drug-likeness (QED) is 0.525. The van der Waals surface area contributed by atoms with Gasteiger partial charge in [0.05, 0.1) is 18.2 Å². The molecule has 4 rings (SSSR count). The molecule has 0 aromatic heterocycles. The number of nitrogens with zero attached hydrogens (tertiary/aromatic N) is 3. The number of piperidine rings is 1. The van der Waals surface area contributed by atoms with E-state index in [0.29, 0.717) is 11.5 Å². The fourth-order valence-corrected chi connectivity index (χ4v) is 5.05. The molecule has 2 aromatic rings. The molecular formula is C29H38FN3O4. The van der Waals surface area contributed by atoms with Gasteiger partial charge in [-0.05, 0) is 82.0 Å². The van der Waals surface area contributed by atoms with Gasteiger partial charge in [-0.1, -0.05) is 0 Å². The standard InChI is InChI=1S/C29H38FN3O4/c1-29(2,3)37-27(34)22-5-7-23(8-6-22)32-13-11-21(12-14-32)20-31-15-17-33(18-16-31)24-9-10-25(26(30)19-24)28(35)36-4/h5-10,19,21H,11-18,20H2,1-4H3. The van der Waals surface area contributed by atoms with Crippen molar-refractivity contribution < 1.29 is 23.5 Å². The summed E-state index contributed by atoms with van der Waals surface area (Å²) in [6.07, 6.45) is 2.27. The highest BCUT2D eigenvalue weighted by Crippen LogP contribution is 2.26. The summed E-state index contributed by atoms with van der Waals surface area (Å²) in [7, 11) is 1.25. The Morgan fingerprint density at radius 3 is 2.03 bits per heavy atom. The van der Waals surface area contributed by atoms with E-state index in [1.165, 1.54) is 19.2 Å². The first-order chi connectivity index (χ1) is 17.6. The Morgan fingerprint density at radius 1 is 0.865 bits per heavy atom. The van der Waals surface area contributed by atoms with Crippen LogP contribution in [0.5, 0.6) is 0 Å². The van der Waals surface area contributed by atoms with Gasteiger partial charge in [-0.3, -0.25) is 4.90 Å². The summed E-state index contributed by atoms with van der Waals surface area (Å²) in [5.41, 5.74) is 1.99. The molecule has 0 aliphatic carbocycles. The first-order valence-corrected chi connectivity index (χ1v) is 13.1. The third kappa shape index (κ3) is 7.01. The fraction of sp³-hybridized carbons (Fsp3) is 0.517. The number of hydrogen-bond acceptors (Lipinski definition) is 7. The highest BCUT2D eigenvalue weighted by molar-refractivity contribution is 5.90. The molecule has 37 heavy (non-hydrogen) atoms. The van der Waals surface area contributed by atoms with E-state index in [1.54, 1.807) is 6.07 Å². The smallest absolute Gasteiger partial charge is 0.340 e. The molecule has 0 unspecified atom stereocenters. The van der Waals surface area contributed by atoms with Crippen molar-refractivity contribution in [2.24, 2.45) is 5.92 Å². The maximum absolute atomic E-state index is 14.3. The lowest BCUT2D eigenvalue weighted by atomic mass is 9.95. The zero-order valence-corrected chi connectivity index (χ0v) is 22.3. The van der Waals surface area contributed by atoms with E-state index in [-0.39, 0.29) is 11.5 Å². The summed E-state index contributed by atoms with van der Waals surface area (Å²) in [5.74, 6) is -0.836. The normalized spacial score (nSPS) is 17.5. The molecule has 0 radical (unpaired) electrons. The summed E-state index contributed by atoms with van der Waals surface area (Å²) in [6, 6.07) is 12.5. The van der Waals surface area contributed by atoms with Gasteiger partial charge in [0.1, 0.15) is 11.4 Å². The van der Waals surface area contributed by atoms with Crippen LogP contribution in [-0.4, -0.2) is 75.4 Å². The molecule has 2 heterocycles. The SMILES string of the molecule is COC(=O)c1ccc(N2CCN(CC3CCN(c4ccc(C(=O)OC(C)(C)C)cc4)CC3)CC2)cc1F. The van der Waals surface area contributed by atoms with Crippen LogP contribution in [0.3, 0.4) is 0 Å². The molecule has 2 fully saturated rings. The Kier molecular flexibility index (Phi) is 8.37. The molecular weight excluding hydrogens is 473 g/mol.